The molecule has 4 aliphatic carbocycles. The molecule has 9 atom stereocenters. The zero-order valence-electron chi connectivity index (χ0n) is 17.3. The molecule has 1 aliphatic heterocycles. The number of aliphatic hydroxyl groups is 2. The fourth-order valence-corrected chi connectivity index (χ4v) is 8.91. The monoisotopic (exact) mass is 378 g/mol. The molecule has 1 saturated heterocycles. The smallest absolute Gasteiger partial charge is 0.168 e. The first-order chi connectivity index (χ1) is 12.8. The minimum absolute atomic E-state index is 0.103. The zero-order valence-corrected chi connectivity index (χ0v) is 17.3. The first-order valence-electron chi connectivity index (χ1n) is 11.4. The van der Waals surface area contributed by atoms with E-state index in [0.29, 0.717) is 29.6 Å². The summed E-state index contributed by atoms with van der Waals surface area (Å²) in [6.45, 7) is 8.25. The molecule has 5 fully saturated rings. The van der Waals surface area contributed by atoms with Crippen LogP contribution in [0, 0.1) is 40.4 Å². The largest absolute Gasteiger partial charge is 0.393 e. The van der Waals surface area contributed by atoms with Crippen LogP contribution in [0.4, 0.5) is 0 Å². The predicted octanol–water partition coefficient (Wildman–Crippen LogP) is 3.74. The number of ether oxygens (including phenoxy) is 2. The van der Waals surface area contributed by atoms with Crippen molar-refractivity contribution in [3.8, 4) is 0 Å². The molecule has 4 nitrogen and oxygen atoms in total. The summed E-state index contributed by atoms with van der Waals surface area (Å²) in [6.07, 6.45) is 8.30. The molecule has 2 N–H and O–H groups in total. The van der Waals surface area contributed by atoms with Crippen molar-refractivity contribution in [2.24, 2.45) is 40.4 Å². The highest BCUT2D eigenvalue weighted by Gasteiger charge is 2.64. The lowest BCUT2D eigenvalue weighted by Crippen LogP contribution is -2.60. The number of hydrogen-bond donors (Lipinski definition) is 2. The topological polar surface area (TPSA) is 58.9 Å². The molecule has 7 unspecified atom stereocenters. The number of aliphatic hydroxyl groups excluding tert-OH is 2. The van der Waals surface area contributed by atoms with Gasteiger partial charge in [-0.3, -0.25) is 0 Å². The van der Waals surface area contributed by atoms with Gasteiger partial charge in [0, 0.05) is 12.8 Å². The summed E-state index contributed by atoms with van der Waals surface area (Å²) in [4.78, 5) is 0. The van der Waals surface area contributed by atoms with E-state index in [-0.39, 0.29) is 28.8 Å². The quantitative estimate of drug-likeness (QED) is 0.730. The number of hydrogen-bond acceptors (Lipinski definition) is 4. The summed E-state index contributed by atoms with van der Waals surface area (Å²) < 4.78 is 12.1. The Bertz CT molecular complexity index is 585. The molecular formula is C23H38O4. The van der Waals surface area contributed by atoms with Crippen LogP contribution >= 0.6 is 0 Å². The molecule has 5 rings (SSSR count). The Labute approximate surface area is 164 Å². The minimum Gasteiger partial charge on any atom is -0.393 e. The fraction of sp³-hybridized carbons (Fsp3) is 1.00. The van der Waals surface area contributed by atoms with Crippen LogP contribution in [0.25, 0.3) is 0 Å². The summed E-state index contributed by atoms with van der Waals surface area (Å²) in [5.41, 5.74) is 0.304. The van der Waals surface area contributed by atoms with Crippen LogP contribution in [0.5, 0.6) is 0 Å². The van der Waals surface area contributed by atoms with Crippen molar-refractivity contribution >= 4 is 0 Å². The predicted molar refractivity (Wildman–Crippen MR) is 103 cm³/mol. The standard InChI is InChI=1S/C23H38O4/c1-14(24)17-6-7-18-16-5-4-15-12-23(26-10-11-27-23)9-8-21(15,2)20(16)19(25)13-22(17,18)3/h14-20,24-25H,4-13H2,1-3H3/t14?,15?,16?,17?,18?,19?,20?,21-,22+/m0/s1. The van der Waals surface area contributed by atoms with E-state index < -0.39 is 0 Å². The molecule has 4 saturated carbocycles. The molecule has 0 bridgehead atoms. The molecular weight excluding hydrogens is 340 g/mol. The van der Waals surface area contributed by atoms with E-state index in [1.165, 1.54) is 19.3 Å². The summed E-state index contributed by atoms with van der Waals surface area (Å²) >= 11 is 0. The van der Waals surface area contributed by atoms with Gasteiger partial charge in [-0.2, -0.15) is 0 Å². The average Bonchev–Trinajstić information content (AvgIpc) is 3.19. The molecule has 0 amide bonds. The second-order valence-corrected chi connectivity index (χ2v) is 11.1. The van der Waals surface area contributed by atoms with E-state index in [1.54, 1.807) is 0 Å². The number of rotatable bonds is 1. The Morgan fingerprint density at radius 3 is 2.37 bits per heavy atom. The summed E-state index contributed by atoms with van der Waals surface area (Å²) in [5.74, 6) is 2.30. The second-order valence-electron chi connectivity index (χ2n) is 11.1. The molecule has 1 heterocycles. The van der Waals surface area contributed by atoms with Gasteiger partial charge in [-0.1, -0.05) is 13.8 Å². The van der Waals surface area contributed by atoms with Crippen molar-refractivity contribution in [3.63, 3.8) is 0 Å². The molecule has 0 aromatic heterocycles. The molecule has 5 aliphatic rings. The van der Waals surface area contributed by atoms with E-state index in [0.717, 1.165) is 45.3 Å². The molecule has 1 spiro atoms. The second kappa shape index (κ2) is 6.17. The normalized spacial score (nSPS) is 55.0. The highest BCUT2D eigenvalue weighted by Crippen LogP contribution is 2.68. The van der Waals surface area contributed by atoms with Gasteiger partial charge in [0.25, 0.3) is 0 Å². The van der Waals surface area contributed by atoms with Crippen molar-refractivity contribution in [2.75, 3.05) is 13.2 Å². The van der Waals surface area contributed by atoms with Crippen LogP contribution in [-0.4, -0.2) is 41.4 Å². The van der Waals surface area contributed by atoms with Gasteiger partial charge in [0.1, 0.15) is 0 Å². The lowest BCUT2D eigenvalue weighted by Gasteiger charge is -2.63. The Balaban J connectivity index is 1.43. The lowest BCUT2D eigenvalue weighted by atomic mass is 9.43. The van der Waals surface area contributed by atoms with Crippen molar-refractivity contribution in [1.82, 2.24) is 0 Å². The van der Waals surface area contributed by atoms with E-state index in [1.807, 2.05) is 6.92 Å². The van der Waals surface area contributed by atoms with Crippen LogP contribution < -0.4 is 0 Å². The number of fused-ring (bicyclic) bond motifs is 5. The SMILES string of the molecule is CC(O)C1CCC2C3CCC4CC5(CC[C@]4(C)C3C(O)C[C@]12C)OCCO5. The molecule has 0 radical (unpaired) electrons. The molecule has 0 aromatic carbocycles. The highest BCUT2D eigenvalue weighted by atomic mass is 16.7. The van der Waals surface area contributed by atoms with Crippen LogP contribution in [0.15, 0.2) is 0 Å². The van der Waals surface area contributed by atoms with Gasteiger partial charge in [0.2, 0.25) is 0 Å². The highest BCUT2D eigenvalue weighted by molar-refractivity contribution is 5.13. The van der Waals surface area contributed by atoms with Gasteiger partial charge in [-0.25, -0.2) is 0 Å². The summed E-state index contributed by atoms with van der Waals surface area (Å²) in [7, 11) is 0. The summed E-state index contributed by atoms with van der Waals surface area (Å²) in [5, 5.41) is 21.8. The summed E-state index contributed by atoms with van der Waals surface area (Å²) in [6, 6.07) is 0. The van der Waals surface area contributed by atoms with Crippen molar-refractivity contribution in [2.45, 2.75) is 90.1 Å². The van der Waals surface area contributed by atoms with Crippen molar-refractivity contribution in [1.29, 1.82) is 0 Å². The molecule has 4 heteroatoms. The van der Waals surface area contributed by atoms with Crippen LogP contribution in [0.3, 0.4) is 0 Å². The van der Waals surface area contributed by atoms with E-state index in [2.05, 4.69) is 13.8 Å². The van der Waals surface area contributed by atoms with Gasteiger partial charge in [0.15, 0.2) is 5.79 Å². The Hall–Kier alpha value is -0.160. The van der Waals surface area contributed by atoms with Crippen molar-refractivity contribution < 1.29 is 19.7 Å². The van der Waals surface area contributed by atoms with Crippen molar-refractivity contribution in [3.05, 3.63) is 0 Å². The van der Waals surface area contributed by atoms with Gasteiger partial charge >= 0.3 is 0 Å². The molecule has 154 valence electrons. The van der Waals surface area contributed by atoms with Crippen LogP contribution in [-0.2, 0) is 9.47 Å². The third-order valence-corrected chi connectivity index (χ3v) is 10.1. The van der Waals surface area contributed by atoms with Crippen LogP contribution in [0.1, 0.15) is 72.1 Å². The van der Waals surface area contributed by atoms with E-state index >= 15 is 0 Å². The average molecular weight is 379 g/mol. The maximum Gasteiger partial charge on any atom is 0.168 e. The Morgan fingerprint density at radius 1 is 0.926 bits per heavy atom. The maximum absolute atomic E-state index is 11.4. The maximum atomic E-state index is 11.4. The third-order valence-electron chi connectivity index (χ3n) is 10.1. The van der Waals surface area contributed by atoms with Gasteiger partial charge < -0.3 is 19.7 Å². The van der Waals surface area contributed by atoms with Gasteiger partial charge in [0.05, 0.1) is 25.4 Å². The molecule has 27 heavy (non-hydrogen) atoms. The zero-order chi connectivity index (χ0) is 19.0. The van der Waals surface area contributed by atoms with E-state index in [9.17, 15) is 10.2 Å². The minimum atomic E-state index is -0.323. The van der Waals surface area contributed by atoms with Gasteiger partial charge in [-0.15, -0.1) is 0 Å². The van der Waals surface area contributed by atoms with Crippen LogP contribution in [0.2, 0.25) is 0 Å². The third kappa shape index (κ3) is 2.55. The van der Waals surface area contributed by atoms with Gasteiger partial charge in [-0.05, 0) is 85.9 Å². The molecule has 0 aromatic rings. The first kappa shape index (κ1) is 18.8. The lowest BCUT2D eigenvalue weighted by molar-refractivity contribution is -0.243. The first-order valence-corrected chi connectivity index (χ1v) is 11.4. The Morgan fingerprint density at radius 2 is 1.67 bits per heavy atom. The fourth-order valence-electron chi connectivity index (χ4n) is 8.91. The Kier molecular flexibility index (Phi) is 4.30. The van der Waals surface area contributed by atoms with E-state index in [4.69, 9.17) is 9.47 Å².